The lowest BCUT2D eigenvalue weighted by Gasteiger charge is -2.23. The molecule has 1 aromatic rings. The van der Waals surface area contributed by atoms with Gasteiger partial charge in [0.25, 0.3) is 5.91 Å². The molecule has 116 valence electrons. The van der Waals surface area contributed by atoms with E-state index < -0.39 is 0 Å². The van der Waals surface area contributed by atoms with Crippen molar-refractivity contribution in [3.63, 3.8) is 0 Å². The van der Waals surface area contributed by atoms with Crippen LogP contribution >= 0.6 is 0 Å². The van der Waals surface area contributed by atoms with E-state index in [-0.39, 0.29) is 17.9 Å². The first-order valence-electron chi connectivity index (χ1n) is 7.86. The van der Waals surface area contributed by atoms with E-state index in [0.717, 1.165) is 25.7 Å². The molecule has 1 aliphatic rings. The Hall–Kier alpha value is -1.78. The van der Waals surface area contributed by atoms with Crippen LogP contribution in [0.25, 0.3) is 0 Å². The first-order chi connectivity index (χ1) is 10.2. The summed E-state index contributed by atoms with van der Waals surface area (Å²) in [6.07, 6.45) is 7.58. The summed E-state index contributed by atoms with van der Waals surface area (Å²) in [5.74, 6) is 0.0742. The lowest BCUT2D eigenvalue weighted by atomic mass is 10.2. The molecular weight excluding hydrogens is 268 g/mol. The smallest absolute Gasteiger partial charge is 0.290 e. The van der Waals surface area contributed by atoms with Crippen molar-refractivity contribution in [2.75, 3.05) is 13.1 Å². The Balaban J connectivity index is 1.83. The van der Waals surface area contributed by atoms with Crippen molar-refractivity contribution < 1.29 is 14.0 Å². The Morgan fingerprint density at radius 2 is 2.24 bits per heavy atom. The Morgan fingerprint density at radius 3 is 2.95 bits per heavy atom. The van der Waals surface area contributed by atoms with Crippen LogP contribution in [0.3, 0.4) is 0 Å². The molecule has 21 heavy (non-hydrogen) atoms. The van der Waals surface area contributed by atoms with Gasteiger partial charge in [0.15, 0.2) is 5.76 Å². The number of carbonyl (C=O) groups excluding carboxylic acids is 2. The van der Waals surface area contributed by atoms with Crippen molar-refractivity contribution in [2.45, 2.75) is 51.5 Å². The third kappa shape index (κ3) is 4.09. The molecule has 5 heteroatoms. The van der Waals surface area contributed by atoms with Gasteiger partial charge in [0.05, 0.1) is 6.26 Å². The number of likely N-dealkylation sites (tertiary alicyclic amines) is 1. The fraction of sp³-hybridized carbons (Fsp3) is 0.625. The molecule has 5 nitrogen and oxygen atoms in total. The molecular formula is C16H24N2O3. The average Bonchev–Trinajstić information content (AvgIpc) is 3.17. The lowest BCUT2D eigenvalue weighted by molar-refractivity contribution is -0.124. The highest BCUT2D eigenvalue weighted by Gasteiger charge is 2.35. The molecule has 1 N–H and O–H groups in total. The van der Waals surface area contributed by atoms with Gasteiger partial charge in [-0.3, -0.25) is 9.59 Å². The van der Waals surface area contributed by atoms with Crippen molar-refractivity contribution in [3.05, 3.63) is 24.2 Å². The molecule has 0 aromatic carbocycles. The van der Waals surface area contributed by atoms with Gasteiger partial charge in [0, 0.05) is 13.1 Å². The normalized spacial score (nSPS) is 18.0. The highest BCUT2D eigenvalue weighted by atomic mass is 16.3. The van der Waals surface area contributed by atoms with Gasteiger partial charge in [0.2, 0.25) is 5.91 Å². The topological polar surface area (TPSA) is 62.6 Å². The van der Waals surface area contributed by atoms with Gasteiger partial charge in [-0.25, -0.2) is 0 Å². The number of nitrogens with zero attached hydrogens (tertiary/aromatic N) is 1. The van der Waals surface area contributed by atoms with Crippen LogP contribution in [0.5, 0.6) is 0 Å². The first kappa shape index (κ1) is 15.6. The largest absolute Gasteiger partial charge is 0.459 e. The Labute approximate surface area is 125 Å². The van der Waals surface area contributed by atoms with Crippen molar-refractivity contribution in [1.82, 2.24) is 10.2 Å². The van der Waals surface area contributed by atoms with Crippen LogP contribution in [0.4, 0.5) is 0 Å². The molecule has 0 saturated carbocycles. The monoisotopic (exact) mass is 292 g/mol. The van der Waals surface area contributed by atoms with Crippen LogP contribution in [0.1, 0.15) is 56.0 Å². The molecule has 2 rings (SSSR count). The number of carbonyl (C=O) groups is 2. The molecule has 0 radical (unpaired) electrons. The SMILES string of the molecule is CCCCCCNC(=O)C1CCCN1C(=O)c1ccco1. The Morgan fingerprint density at radius 1 is 1.38 bits per heavy atom. The van der Waals surface area contributed by atoms with Crippen LogP contribution < -0.4 is 5.32 Å². The molecule has 2 amide bonds. The zero-order valence-electron chi connectivity index (χ0n) is 12.6. The predicted octanol–water partition coefficient (Wildman–Crippen LogP) is 2.58. The number of hydrogen-bond donors (Lipinski definition) is 1. The number of furan rings is 1. The molecule has 1 atom stereocenters. The van der Waals surface area contributed by atoms with Crippen LogP contribution in [0.15, 0.2) is 22.8 Å². The van der Waals surface area contributed by atoms with Crippen LogP contribution in [0, 0.1) is 0 Å². The van der Waals surface area contributed by atoms with Gasteiger partial charge in [-0.15, -0.1) is 0 Å². The second kappa shape index (κ2) is 7.86. The van der Waals surface area contributed by atoms with Crippen LogP contribution in [-0.2, 0) is 4.79 Å². The summed E-state index contributed by atoms with van der Waals surface area (Å²) in [6, 6.07) is 2.97. The maximum absolute atomic E-state index is 12.3. The number of nitrogens with one attached hydrogen (secondary N) is 1. The third-order valence-electron chi connectivity index (χ3n) is 3.88. The zero-order chi connectivity index (χ0) is 15.1. The fourth-order valence-corrected chi connectivity index (χ4v) is 2.71. The quantitative estimate of drug-likeness (QED) is 0.786. The molecule has 0 aliphatic carbocycles. The average molecular weight is 292 g/mol. The van der Waals surface area contributed by atoms with E-state index in [2.05, 4.69) is 12.2 Å². The molecule has 2 heterocycles. The van der Waals surface area contributed by atoms with E-state index in [0.29, 0.717) is 18.8 Å². The Kier molecular flexibility index (Phi) is 5.84. The molecule has 0 spiro atoms. The zero-order valence-corrected chi connectivity index (χ0v) is 12.6. The molecule has 1 unspecified atom stereocenters. The maximum Gasteiger partial charge on any atom is 0.290 e. The fourth-order valence-electron chi connectivity index (χ4n) is 2.71. The highest BCUT2D eigenvalue weighted by Crippen LogP contribution is 2.20. The summed E-state index contributed by atoms with van der Waals surface area (Å²) < 4.78 is 5.14. The van der Waals surface area contributed by atoms with Crippen molar-refractivity contribution in [2.24, 2.45) is 0 Å². The van der Waals surface area contributed by atoms with E-state index >= 15 is 0 Å². The second-order valence-corrected chi connectivity index (χ2v) is 5.49. The maximum atomic E-state index is 12.3. The van der Waals surface area contributed by atoms with E-state index in [1.54, 1.807) is 17.0 Å². The first-order valence-corrected chi connectivity index (χ1v) is 7.86. The predicted molar refractivity (Wildman–Crippen MR) is 79.9 cm³/mol. The van der Waals surface area contributed by atoms with Gasteiger partial charge in [0.1, 0.15) is 6.04 Å². The number of hydrogen-bond acceptors (Lipinski definition) is 3. The standard InChI is InChI=1S/C16H24N2O3/c1-2-3-4-5-10-17-15(19)13-8-6-11-18(13)16(20)14-9-7-12-21-14/h7,9,12-13H,2-6,8,10-11H2,1H3,(H,17,19). The summed E-state index contributed by atoms with van der Waals surface area (Å²) in [5, 5.41) is 2.95. The second-order valence-electron chi connectivity index (χ2n) is 5.49. The minimum Gasteiger partial charge on any atom is -0.459 e. The van der Waals surface area contributed by atoms with Crippen molar-refractivity contribution >= 4 is 11.8 Å². The minimum atomic E-state index is -0.353. The molecule has 1 aromatic heterocycles. The summed E-state index contributed by atoms with van der Waals surface area (Å²) >= 11 is 0. The molecule has 1 saturated heterocycles. The summed E-state index contributed by atoms with van der Waals surface area (Å²) in [7, 11) is 0. The number of rotatable bonds is 7. The summed E-state index contributed by atoms with van der Waals surface area (Å²) in [4.78, 5) is 26.1. The van der Waals surface area contributed by atoms with Gasteiger partial charge in [-0.1, -0.05) is 26.2 Å². The van der Waals surface area contributed by atoms with E-state index in [4.69, 9.17) is 4.42 Å². The molecule has 0 bridgehead atoms. The van der Waals surface area contributed by atoms with Crippen molar-refractivity contribution in [3.8, 4) is 0 Å². The molecule has 1 aliphatic heterocycles. The summed E-state index contributed by atoms with van der Waals surface area (Å²) in [6.45, 7) is 3.47. The van der Waals surface area contributed by atoms with Crippen LogP contribution in [-0.4, -0.2) is 35.8 Å². The summed E-state index contributed by atoms with van der Waals surface area (Å²) in [5.41, 5.74) is 0. The van der Waals surface area contributed by atoms with Gasteiger partial charge in [-0.05, 0) is 31.4 Å². The van der Waals surface area contributed by atoms with Gasteiger partial charge < -0.3 is 14.6 Å². The minimum absolute atomic E-state index is 0.0381. The van der Waals surface area contributed by atoms with E-state index in [9.17, 15) is 9.59 Å². The number of amides is 2. The third-order valence-corrected chi connectivity index (χ3v) is 3.88. The van der Waals surface area contributed by atoms with Gasteiger partial charge >= 0.3 is 0 Å². The number of unbranched alkanes of at least 4 members (excludes halogenated alkanes) is 3. The van der Waals surface area contributed by atoms with E-state index in [1.165, 1.54) is 19.1 Å². The lowest BCUT2D eigenvalue weighted by Crippen LogP contribution is -2.46. The van der Waals surface area contributed by atoms with E-state index in [1.807, 2.05) is 0 Å². The van der Waals surface area contributed by atoms with Crippen LogP contribution in [0.2, 0.25) is 0 Å². The highest BCUT2D eigenvalue weighted by molar-refractivity contribution is 5.95. The Bertz CT molecular complexity index is 456. The van der Waals surface area contributed by atoms with Crippen molar-refractivity contribution in [1.29, 1.82) is 0 Å². The molecule has 1 fully saturated rings. The van der Waals surface area contributed by atoms with Gasteiger partial charge in [-0.2, -0.15) is 0 Å².